The minimum Gasteiger partial charge on any atom is -1.00 e. The molecular weight excluding hydrogens is 337 g/mol. The molecule has 0 aliphatic heterocycles. The Morgan fingerprint density at radius 1 is 1.26 bits per heavy atom. The van der Waals surface area contributed by atoms with Gasteiger partial charge in [-0.3, -0.25) is 0 Å². The van der Waals surface area contributed by atoms with E-state index in [4.69, 9.17) is 0 Å². The molecular formula is C14H14BrF3S. The van der Waals surface area contributed by atoms with Crippen molar-refractivity contribution in [2.45, 2.75) is 37.6 Å². The molecule has 0 N–H and O–H groups in total. The fraction of sp³-hybridized carbons (Fsp3) is 0.429. The van der Waals surface area contributed by atoms with Gasteiger partial charge < -0.3 is 17.0 Å². The first kappa shape index (κ1) is 14.9. The minimum atomic E-state index is -4.13. The smallest absolute Gasteiger partial charge is 0.600 e. The van der Waals surface area contributed by atoms with E-state index in [2.05, 4.69) is 0 Å². The zero-order valence-electron chi connectivity index (χ0n) is 10.4. The Kier molecular flexibility index (Phi) is 3.98. The van der Waals surface area contributed by atoms with Gasteiger partial charge in [-0.2, -0.15) is 0 Å². The van der Waals surface area contributed by atoms with Gasteiger partial charge >= 0.3 is 5.51 Å². The molecule has 1 aliphatic rings. The van der Waals surface area contributed by atoms with Gasteiger partial charge in [0.25, 0.3) is 0 Å². The lowest BCUT2D eigenvalue weighted by Crippen LogP contribution is -3.00. The summed E-state index contributed by atoms with van der Waals surface area (Å²) in [5.41, 5.74) is -3.10. The summed E-state index contributed by atoms with van der Waals surface area (Å²) in [6.45, 7) is 1.99. The van der Waals surface area contributed by atoms with Crippen LogP contribution in [0, 0.1) is 0 Å². The van der Waals surface area contributed by atoms with E-state index in [1.807, 2.05) is 19.1 Å². The Morgan fingerprint density at radius 2 is 1.95 bits per heavy atom. The molecule has 1 aromatic carbocycles. The highest BCUT2D eigenvalue weighted by molar-refractivity contribution is 7.38. The van der Waals surface area contributed by atoms with E-state index in [1.54, 1.807) is 12.1 Å². The van der Waals surface area contributed by atoms with Crippen LogP contribution in [0.5, 0.6) is 0 Å². The number of benzene rings is 1. The number of hydrogen-bond acceptors (Lipinski definition) is 0. The summed E-state index contributed by atoms with van der Waals surface area (Å²) in [7, 11) is -1.68. The van der Waals surface area contributed by atoms with Crippen LogP contribution in [-0.2, 0) is 11.9 Å². The second kappa shape index (κ2) is 5.09. The molecule has 0 saturated heterocycles. The Bertz CT molecular complexity index is 596. The van der Waals surface area contributed by atoms with Crippen LogP contribution in [-0.4, -0.2) is 0 Å². The van der Waals surface area contributed by atoms with Crippen molar-refractivity contribution >= 4 is 20.6 Å². The van der Waals surface area contributed by atoms with Crippen LogP contribution in [0.3, 0.4) is 0 Å². The highest BCUT2D eigenvalue weighted by Crippen LogP contribution is 2.58. The second-order valence-corrected chi connectivity index (χ2v) is 6.74. The Labute approximate surface area is 123 Å². The van der Waals surface area contributed by atoms with E-state index < -0.39 is 16.0 Å². The number of aryl methyl sites for hydroxylation is 1. The molecule has 1 aliphatic carbocycles. The number of alkyl halides is 3. The third-order valence-electron chi connectivity index (χ3n) is 3.49. The van der Waals surface area contributed by atoms with Gasteiger partial charge in [0.1, 0.15) is 0 Å². The third kappa shape index (κ3) is 2.55. The Hall–Kier alpha value is -0.550. The summed E-state index contributed by atoms with van der Waals surface area (Å²) in [6, 6.07) is 7.16. The van der Waals surface area contributed by atoms with E-state index in [9.17, 15) is 13.2 Å². The van der Waals surface area contributed by atoms with Crippen LogP contribution in [0.2, 0.25) is 0 Å². The molecule has 1 unspecified atom stereocenters. The number of rotatable bonds is 2. The van der Waals surface area contributed by atoms with Gasteiger partial charge in [0.2, 0.25) is 0 Å². The molecule has 3 rings (SSSR count). The van der Waals surface area contributed by atoms with E-state index >= 15 is 0 Å². The topological polar surface area (TPSA) is 0 Å². The van der Waals surface area contributed by atoms with Gasteiger partial charge in [0, 0.05) is 17.4 Å². The highest BCUT2D eigenvalue weighted by Gasteiger charge is 2.51. The summed E-state index contributed by atoms with van der Waals surface area (Å²) in [5.74, 6) is 0.173. The normalized spacial score (nSPS) is 16.5. The molecule has 0 radical (unpaired) electrons. The molecule has 1 fully saturated rings. The van der Waals surface area contributed by atoms with Gasteiger partial charge in [-0.15, -0.1) is 13.2 Å². The number of halogens is 4. The van der Waals surface area contributed by atoms with Crippen molar-refractivity contribution in [3.63, 3.8) is 0 Å². The van der Waals surface area contributed by atoms with Crippen molar-refractivity contribution in [3.05, 3.63) is 34.7 Å². The molecule has 0 nitrogen and oxygen atoms in total. The maximum atomic E-state index is 13.3. The zero-order chi connectivity index (χ0) is 12.9. The van der Waals surface area contributed by atoms with Crippen LogP contribution in [0.15, 0.2) is 24.3 Å². The molecule has 5 heteroatoms. The molecule has 19 heavy (non-hydrogen) atoms. The fourth-order valence-corrected chi connectivity index (χ4v) is 4.68. The first-order valence-electron chi connectivity index (χ1n) is 6.17. The molecule has 1 aromatic heterocycles. The zero-order valence-corrected chi connectivity index (χ0v) is 12.8. The van der Waals surface area contributed by atoms with Crippen molar-refractivity contribution in [1.29, 1.82) is 0 Å². The largest absolute Gasteiger partial charge is 1.00 e. The molecule has 1 atom stereocenters. The van der Waals surface area contributed by atoms with E-state index in [1.165, 1.54) is 0 Å². The standard InChI is InChI=1S/C14H14F3S.BrH/c1-2-9-4-3-5-12-11(9)8-13(10-6-7-10)18(12)14(15,16)17;/h3-5,8,10H,2,6-7H2,1H3;1H/q+1;/p-1. The average molecular weight is 351 g/mol. The van der Waals surface area contributed by atoms with Crippen molar-refractivity contribution in [1.82, 2.24) is 0 Å². The lowest BCUT2D eigenvalue weighted by Gasteiger charge is -1.99. The summed E-state index contributed by atoms with van der Waals surface area (Å²) in [5, 5.41) is 0.836. The monoisotopic (exact) mass is 350 g/mol. The van der Waals surface area contributed by atoms with Crippen molar-refractivity contribution in [2.24, 2.45) is 0 Å². The maximum Gasteiger partial charge on any atom is 0.600 e. The SMILES string of the molecule is CCc1cccc2c1cc(C1CC1)[s+]2C(F)(F)F.[Br-]. The summed E-state index contributed by atoms with van der Waals surface area (Å²) in [6.07, 6.45) is 2.62. The Balaban J connectivity index is 0.00000133. The number of hydrogen-bond donors (Lipinski definition) is 0. The Morgan fingerprint density at radius 3 is 2.47 bits per heavy atom. The van der Waals surface area contributed by atoms with Crippen LogP contribution in [0.1, 0.15) is 36.1 Å². The molecule has 104 valence electrons. The molecule has 1 saturated carbocycles. The van der Waals surface area contributed by atoms with E-state index in [0.717, 1.165) is 30.2 Å². The fourth-order valence-electron chi connectivity index (χ4n) is 2.48. The van der Waals surface area contributed by atoms with Crippen molar-refractivity contribution in [2.75, 3.05) is 0 Å². The summed E-state index contributed by atoms with van der Waals surface area (Å²) in [4.78, 5) is 0.624. The molecule has 0 spiro atoms. The predicted octanol–water partition coefficient (Wildman–Crippen LogP) is 2.51. The molecule has 1 heterocycles. The average Bonchev–Trinajstić information content (AvgIpc) is 3.06. The quantitative estimate of drug-likeness (QED) is 0.730. The van der Waals surface area contributed by atoms with Crippen LogP contribution >= 0.6 is 10.5 Å². The summed E-state index contributed by atoms with van der Waals surface area (Å²) >= 11 is 0. The molecule has 0 amide bonds. The molecule has 0 bridgehead atoms. The van der Waals surface area contributed by atoms with Gasteiger partial charge in [-0.1, -0.05) is 19.1 Å². The second-order valence-electron chi connectivity index (χ2n) is 4.76. The van der Waals surface area contributed by atoms with Gasteiger partial charge in [-0.05, 0) is 30.9 Å². The summed E-state index contributed by atoms with van der Waals surface area (Å²) < 4.78 is 40.3. The van der Waals surface area contributed by atoms with E-state index in [-0.39, 0.29) is 22.9 Å². The van der Waals surface area contributed by atoms with Crippen molar-refractivity contribution < 1.29 is 30.2 Å². The van der Waals surface area contributed by atoms with E-state index in [0.29, 0.717) is 9.58 Å². The van der Waals surface area contributed by atoms with Crippen molar-refractivity contribution in [3.8, 4) is 0 Å². The van der Waals surface area contributed by atoms with Gasteiger partial charge in [-0.25, -0.2) is 0 Å². The first-order valence-corrected chi connectivity index (χ1v) is 7.39. The number of thiophene rings is 1. The van der Waals surface area contributed by atoms with Gasteiger partial charge in [0.05, 0.1) is 10.5 Å². The lowest BCUT2D eigenvalue weighted by atomic mass is 10.1. The van der Waals surface area contributed by atoms with Crippen LogP contribution < -0.4 is 17.0 Å². The van der Waals surface area contributed by atoms with Crippen LogP contribution in [0.4, 0.5) is 13.2 Å². The predicted molar refractivity (Wildman–Crippen MR) is 69.1 cm³/mol. The lowest BCUT2D eigenvalue weighted by molar-refractivity contribution is -0.0867. The third-order valence-corrected chi connectivity index (χ3v) is 5.67. The maximum absolute atomic E-state index is 13.3. The number of fused-ring (bicyclic) bond motifs is 1. The molecule has 2 aromatic rings. The van der Waals surface area contributed by atoms with Gasteiger partial charge in [0.15, 0.2) is 9.58 Å². The van der Waals surface area contributed by atoms with Crippen LogP contribution in [0.25, 0.3) is 10.1 Å². The first-order chi connectivity index (χ1) is 8.52. The highest BCUT2D eigenvalue weighted by atomic mass is 79.9. The minimum absolute atomic E-state index is 0.